The molecule has 106 valence electrons. The standard InChI is InChI=1S/C14H18BrN5/c1-9-5-6-10(7-12(9)20(3)4)18-13-11(15)8-17-14(16-2)19-13/h5-8H,1-4H3,(H2,16,17,18,19). The highest BCUT2D eigenvalue weighted by Gasteiger charge is 2.07. The first-order valence-electron chi connectivity index (χ1n) is 6.26. The summed E-state index contributed by atoms with van der Waals surface area (Å²) in [4.78, 5) is 10.6. The van der Waals surface area contributed by atoms with Crippen LogP contribution in [-0.2, 0) is 0 Å². The van der Waals surface area contributed by atoms with Crippen molar-refractivity contribution >= 4 is 39.1 Å². The van der Waals surface area contributed by atoms with E-state index in [9.17, 15) is 0 Å². The van der Waals surface area contributed by atoms with E-state index in [4.69, 9.17) is 0 Å². The van der Waals surface area contributed by atoms with Gasteiger partial charge in [0.05, 0.1) is 4.47 Å². The SMILES string of the molecule is CNc1ncc(Br)c(Nc2ccc(C)c(N(C)C)c2)n1. The van der Waals surface area contributed by atoms with Gasteiger partial charge in [-0.3, -0.25) is 0 Å². The van der Waals surface area contributed by atoms with Gasteiger partial charge in [0.1, 0.15) is 5.82 Å². The second-order valence-corrected chi connectivity index (χ2v) is 5.52. The van der Waals surface area contributed by atoms with Crippen LogP contribution in [0.4, 0.5) is 23.1 Å². The Morgan fingerprint density at radius 1 is 1.25 bits per heavy atom. The van der Waals surface area contributed by atoms with Gasteiger partial charge in [-0.15, -0.1) is 0 Å². The molecule has 2 rings (SSSR count). The van der Waals surface area contributed by atoms with E-state index in [-0.39, 0.29) is 0 Å². The summed E-state index contributed by atoms with van der Waals surface area (Å²) in [6, 6.07) is 6.23. The molecule has 6 heteroatoms. The van der Waals surface area contributed by atoms with Crippen LogP contribution in [0.2, 0.25) is 0 Å². The van der Waals surface area contributed by atoms with Crippen molar-refractivity contribution in [2.24, 2.45) is 0 Å². The lowest BCUT2D eigenvalue weighted by Gasteiger charge is -2.17. The maximum absolute atomic E-state index is 4.39. The molecule has 0 aliphatic carbocycles. The minimum Gasteiger partial charge on any atom is -0.377 e. The van der Waals surface area contributed by atoms with Gasteiger partial charge < -0.3 is 15.5 Å². The molecule has 0 unspecified atom stereocenters. The van der Waals surface area contributed by atoms with E-state index in [1.165, 1.54) is 11.3 Å². The first kappa shape index (κ1) is 14.6. The van der Waals surface area contributed by atoms with Crippen molar-refractivity contribution in [2.45, 2.75) is 6.92 Å². The van der Waals surface area contributed by atoms with Crippen molar-refractivity contribution in [3.05, 3.63) is 34.4 Å². The zero-order valence-corrected chi connectivity index (χ0v) is 13.6. The van der Waals surface area contributed by atoms with Gasteiger partial charge in [-0.05, 0) is 40.5 Å². The lowest BCUT2D eigenvalue weighted by molar-refractivity contribution is 1.11. The Bertz CT molecular complexity index is 613. The average molecular weight is 336 g/mol. The molecule has 1 heterocycles. The van der Waals surface area contributed by atoms with Crippen molar-refractivity contribution in [3.8, 4) is 0 Å². The van der Waals surface area contributed by atoms with Crippen LogP contribution in [0.25, 0.3) is 0 Å². The highest BCUT2D eigenvalue weighted by atomic mass is 79.9. The van der Waals surface area contributed by atoms with Crippen LogP contribution >= 0.6 is 15.9 Å². The number of benzene rings is 1. The molecule has 0 aliphatic heterocycles. The Labute approximate surface area is 127 Å². The Morgan fingerprint density at radius 3 is 2.65 bits per heavy atom. The van der Waals surface area contributed by atoms with Crippen LogP contribution < -0.4 is 15.5 Å². The first-order valence-corrected chi connectivity index (χ1v) is 7.06. The molecule has 0 atom stereocenters. The van der Waals surface area contributed by atoms with Crippen LogP contribution in [0.5, 0.6) is 0 Å². The van der Waals surface area contributed by atoms with E-state index in [1.54, 1.807) is 13.2 Å². The van der Waals surface area contributed by atoms with Crippen LogP contribution in [0, 0.1) is 6.92 Å². The number of aryl methyl sites for hydroxylation is 1. The summed E-state index contributed by atoms with van der Waals surface area (Å²) in [5.74, 6) is 1.31. The van der Waals surface area contributed by atoms with Gasteiger partial charge in [-0.1, -0.05) is 6.07 Å². The lowest BCUT2D eigenvalue weighted by Crippen LogP contribution is -2.10. The van der Waals surface area contributed by atoms with Crippen molar-refractivity contribution in [1.29, 1.82) is 0 Å². The molecule has 20 heavy (non-hydrogen) atoms. The summed E-state index contributed by atoms with van der Waals surface area (Å²) in [5.41, 5.74) is 3.40. The van der Waals surface area contributed by atoms with Crippen molar-refractivity contribution in [2.75, 3.05) is 36.7 Å². The fourth-order valence-electron chi connectivity index (χ4n) is 1.88. The second kappa shape index (κ2) is 6.09. The maximum atomic E-state index is 4.39. The number of anilines is 4. The van der Waals surface area contributed by atoms with Crippen LogP contribution in [0.3, 0.4) is 0 Å². The molecule has 1 aromatic heterocycles. The molecule has 0 saturated carbocycles. The molecule has 0 spiro atoms. The molecule has 0 bridgehead atoms. The zero-order valence-electron chi connectivity index (χ0n) is 12.0. The summed E-state index contributed by atoms with van der Waals surface area (Å²) in [6.07, 6.45) is 1.72. The van der Waals surface area contributed by atoms with Gasteiger partial charge >= 0.3 is 0 Å². The Morgan fingerprint density at radius 2 is 2.00 bits per heavy atom. The number of nitrogens with one attached hydrogen (secondary N) is 2. The van der Waals surface area contributed by atoms with E-state index in [0.29, 0.717) is 5.95 Å². The largest absolute Gasteiger partial charge is 0.377 e. The molecule has 0 fully saturated rings. The maximum Gasteiger partial charge on any atom is 0.224 e. The summed E-state index contributed by atoms with van der Waals surface area (Å²) < 4.78 is 0.823. The predicted octanol–water partition coefficient (Wildman–Crippen LogP) is 3.40. The van der Waals surface area contributed by atoms with Crippen molar-refractivity contribution in [1.82, 2.24) is 9.97 Å². The third kappa shape index (κ3) is 3.19. The van der Waals surface area contributed by atoms with Gasteiger partial charge in [0.25, 0.3) is 0 Å². The predicted molar refractivity (Wildman–Crippen MR) is 88.1 cm³/mol. The molecule has 0 radical (unpaired) electrons. The molecule has 5 nitrogen and oxygen atoms in total. The molecule has 2 aromatic rings. The Hall–Kier alpha value is -1.82. The molecule has 0 aliphatic rings. The average Bonchev–Trinajstić information content (AvgIpc) is 2.43. The minimum atomic E-state index is 0.579. The summed E-state index contributed by atoms with van der Waals surface area (Å²) in [6.45, 7) is 2.10. The molecule has 2 N–H and O–H groups in total. The van der Waals surface area contributed by atoms with E-state index in [1.807, 2.05) is 20.2 Å². The molecule has 0 amide bonds. The highest BCUT2D eigenvalue weighted by molar-refractivity contribution is 9.10. The van der Waals surface area contributed by atoms with Gasteiger partial charge in [0.15, 0.2) is 0 Å². The van der Waals surface area contributed by atoms with E-state index >= 15 is 0 Å². The van der Waals surface area contributed by atoms with Gasteiger partial charge in [0.2, 0.25) is 5.95 Å². The second-order valence-electron chi connectivity index (χ2n) is 4.66. The highest BCUT2D eigenvalue weighted by Crippen LogP contribution is 2.27. The number of aromatic nitrogens is 2. The van der Waals surface area contributed by atoms with Crippen LogP contribution in [-0.4, -0.2) is 31.1 Å². The van der Waals surface area contributed by atoms with Crippen molar-refractivity contribution in [3.63, 3.8) is 0 Å². The lowest BCUT2D eigenvalue weighted by atomic mass is 10.1. The summed E-state index contributed by atoms with van der Waals surface area (Å²) >= 11 is 3.45. The smallest absolute Gasteiger partial charge is 0.224 e. The van der Waals surface area contributed by atoms with Gasteiger partial charge in [0, 0.05) is 38.7 Å². The Kier molecular flexibility index (Phi) is 4.44. The third-order valence-electron chi connectivity index (χ3n) is 2.92. The van der Waals surface area contributed by atoms with Gasteiger partial charge in [-0.2, -0.15) is 4.98 Å². The van der Waals surface area contributed by atoms with Crippen LogP contribution in [0.1, 0.15) is 5.56 Å². The minimum absolute atomic E-state index is 0.579. The monoisotopic (exact) mass is 335 g/mol. The van der Waals surface area contributed by atoms with E-state index in [2.05, 4.69) is 60.5 Å². The number of halogens is 1. The fraction of sp³-hybridized carbons (Fsp3) is 0.286. The number of rotatable bonds is 4. The Balaban J connectivity index is 2.32. The molecule has 1 aromatic carbocycles. The summed E-state index contributed by atoms with van der Waals surface area (Å²) in [7, 11) is 5.86. The van der Waals surface area contributed by atoms with Crippen molar-refractivity contribution < 1.29 is 0 Å². The topological polar surface area (TPSA) is 53.1 Å². The molecular weight excluding hydrogens is 318 g/mol. The van der Waals surface area contributed by atoms with Crippen LogP contribution in [0.15, 0.2) is 28.9 Å². The third-order valence-corrected chi connectivity index (χ3v) is 3.50. The number of hydrogen-bond donors (Lipinski definition) is 2. The number of hydrogen-bond acceptors (Lipinski definition) is 5. The van der Waals surface area contributed by atoms with E-state index < -0.39 is 0 Å². The normalized spacial score (nSPS) is 10.2. The van der Waals surface area contributed by atoms with Gasteiger partial charge in [-0.25, -0.2) is 4.98 Å². The first-order chi connectivity index (χ1) is 9.51. The summed E-state index contributed by atoms with van der Waals surface area (Å²) in [5, 5.41) is 6.23. The fourth-order valence-corrected chi connectivity index (χ4v) is 2.17. The number of nitrogens with zero attached hydrogens (tertiary/aromatic N) is 3. The van der Waals surface area contributed by atoms with E-state index in [0.717, 1.165) is 16.0 Å². The quantitative estimate of drug-likeness (QED) is 0.896. The molecule has 0 saturated heterocycles. The molecular formula is C14H18BrN5. The zero-order chi connectivity index (χ0) is 14.7.